The Morgan fingerprint density at radius 1 is 0.917 bits per heavy atom. The first-order chi connectivity index (χ1) is 11.8. The first kappa shape index (κ1) is 16.4. The molecule has 0 fully saturated rings. The molecule has 24 heavy (non-hydrogen) atoms. The fourth-order valence-electron chi connectivity index (χ4n) is 3.39. The number of benzene rings is 1. The number of hydrogen-bond acceptors (Lipinski definition) is 2. The van der Waals surface area contributed by atoms with Crippen LogP contribution in [0.5, 0.6) is 0 Å². The summed E-state index contributed by atoms with van der Waals surface area (Å²) in [6.45, 7) is 4.90. The zero-order valence-corrected chi connectivity index (χ0v) is 14.5. The Kier molecular flexibility index (Phi) is 5.09. The van der Waals surface area contributed by atoms with Crippen LogP contribution in [0.1, 0.15) is 43.6 Å². The molecular formula is C21H24N2O. The van der Waals surface area contributed by atoms with Crippen LogP contribution in [0.4, 0.5) is 0 Å². The topological polar surface area (TPSA) is 34.9 Å². The van der Waals surface area contributed by atoms with Crippen molar-refractivity contribution in [3.8, 4) is 0 Å². The Labute approximate surface area is 143 Å². The van der Waals surface area contributed by atoms with E-state index in [1.54, 1.807) is 6.20 Å². The molecule has 124 valence electrons. The number of pyridine rings is 2. The maximum absolute atomic E-state index is 13.1. The van der Waals surface area contributed by atoms with E-state index in [0.29, 0.717) is 6.54 Å². The Balaban J connectivity index is 2.27. The summed E-state index contributed by atoms with van der Waals surface area (Å²) < 4.78 is 1.94. The first-order valence-electron chi connectivity index (χ1n) is 8.79. The number of fused-ring (bicyclic) bond motifs is 1. The van der Waals surface area contributed by atoms with E-state index < -0.39 is 0 Å². The summed E-state index contributed by atoms with van der Waals surface area (Å²) in [6.07, 6.45) is 5.80. The van der Waals surface area contributed by atoms with Crippen LogP contribution >= 0.6 is 0 Å². The third kappa shape index (κ3) is 3.12. The van der Waals surface area contributed by atoms with Crippen molar-refractivity contribution in [3.63, 3.8) is 0 Å². The standard InChI is InChI=1S/C21H24N2O/c1-3-9-18-17-12-5-6-13-19(17)21(24)23(20(18)10-4-2)15-16-11-7-8-14-22-16/h5-8,11-14H,3-4,9-10,15H2,1-2H3. The highest BCUT2D eigenvalue weighted by Crippen LogP contribution is 2.23. The van der Waals surface area contributed by atoms with Crippen molar-refractivity contribution >= 4 is 10.8 Å². The third-order valence-corrected chi connectivity index (χ3v) is 4.43. The Morgan fingerprint density at radius 2 is 1.62 bits per heavy atom. The lowest BCUT2D eigenvalue weighted by Gasteiger charge is -2.19. The second-order valence-corrected chi connectivity index (χ2v) is 6.18. The highest BCUT2D eigenvalue weighted by Gasteiger charge is 2.15. The molecule has 3 heteroatoms. The summed E-state index contributed by atoms with van der Waals surface area (Å²) in [5, 5.41) is 1.93. The van der Waals surface area contributed by atoms with Crippen LogP contribution in [0.2, 0.25) is 0 Å². The normalized spacial score (nSPS) is 11.1. The van der Waals surface area contributed by atoms with Gasteiger partial charge in [-0.05, 0) is 42.0 Å². The van der Waals surface area contributed by atoms with Crippen molar-refractivity contribution in [2.45, 2.75) is 46.1 Å². The van der Waals surface area contributed by atoms with Crippen LogP contribution in [0.25, 0.3) is 10.8 Å². The lowest BCUT2D eigenvalue weighted by molar-refractivity contribution is 0.668. The van der Waals surface area contributed by atoms with Gasteiger partial charge in [0.1, 0.15) is 0 Å². The zero-order valence-electron chi connectivity index (χ0n) is 14.5. The number of aryl methyl sites for hydroxylation is 1. The molecule has 0 radical (unpaired) electrons. The van der Waals surface area contributed by atoms with E-state index in [-0.39, 0.29) is 5.56 Å². The van der Waals surface area contributed by atoms with Crippen molar-refractivity contribution in [2.75, 3.05) is 0 Å². The Hall–Kier alpha value is -2.42. The molecule has 0 saturated heterocycles. The van der Waals surface area contributed by atoms with Gasteiger partial charge in [-0.25, -0.2) is 0 Å². The molecule has 0 aliphatic carbocycles. The second kappa shape index (κ2) is 7.43. The Morgan fingerprint density at radius 3 is 2.29 bits per heavy atom. The molecule has 0 saturated carbocycles. The molecule has 0 spiro atoms. The average Bonchev–Trinajstić information content (AvgIpc) is 2.62. The van der Waals surface area contributed by atoms with Crippen LogP contribution in [0.3, 0.4) is 0 Å². The number of nitrogens with zero attached hydrogens (tertiary/aromatic N) is 2. The van der Waals surface area contributed by atoms with Crippen molar-refractivity contribution < 1.29 is 0 Å². The largest absolute Gasteiger partial charge is 0.306 e. The van der Waals surface area contributed by atoms with Gasteiger partial charge in [-0.2, -0.15) is 0 Å². The SMILES string of the molecule is CCCc1c(CCC)n(Cc2ccccn2)c(=O)c2ccccc12. The van der Waals surface area contributed by atoms with Crippen LogP contribution in [-0.4, -0.2) is 9.55 Å². The van der Waals surface area contributed by atoms with E-state index in [9.17, 15) is 4.79 Å². The molecule has 0 N–H and O–H groups in total. The molecule has 2 aromatic heterocycles. The summed E-state index contributed by atoms with van der Waals surface area (Å²) in [7, 11) is 0. The second-order valence-electron chi connectivity index (χ2n) is 6.18. The predicted molar refractivity (Wildman–Crippen MR) is 99.5 cm³/mol. The highest BCUT2D eigenvalue weighted by atomic mass is 16.1. The van der Waals surface area contributed by atoms with E-state index in [1.807, 2.05) is 41.0 Å². The summed E-state index contributed by atoms with van der Waals surface area (Å²) in [4.78, 5) is 17.5. The molecule has 0 aliphatic rings. The van der Waals surface area contributed by atoms with E-state index in [0.717, 1.165) is 42.1 Å². The molecular weight excluding hydrogens is 296 g/mol. The third-order valence-electron chi connectivity index (χ3n) is 4.43. The molecule has 2 heterocycles. The molecule has 0 aliphatic heterocycles. The number of aromatic nitrogens is 2. The van der Waals surface area contributed by atoms with Gasteiger partial charge in [-0.1, -0.05) is 51.0 Å². The monoisotopic (exact) mass is 320 g/mol. The van der Waals surface area contributed by atoms with E-state index >= 15 is 0 Å². The van der Waals surface area contributed by atoms with Crippen LogP contribution in [0, 0.1) is 0 Å². The summed E-state index contributed by atoms with van der Waals surface area (Å²) >= 11 is 0. The molecule has 1 aromatic carbocycles. The van der Waals surface area contributed by atoms with E-state index in [2.05, 4.69) is 24.9 Å². The molecule has 0 atom stereocenters. The molecule has 0 amide bonds. The lowest BCUT2D eigenvalue weighted by atomic mass is 9.97. The quantitative estimate of drug-likeness (QED) is 0.677. The van der Waals surface area contributed by atoms with Crippen LogP contribution in [0.15, 0.2) is 53.5 Å². The summed E-state index contributed by atoms with van der Waals surface area (Å²) in [6, 6.07) is 13.9. The molecule has 3 nitrogen and oxygen atoms in total. The van der Waals surface area contributed by atoms with Gasteiger partial charge in [0.15, 0.2) is 0 Å². The van der Waals surface area contributed by atoms with Gasteiger partial charge < -0.3 is 4.57 Å². The van der Waals surface area contributed by atoms with Crippen molar-refractivity contribution in [3.05, 3.63) is 76.0 Å². The summed E-state index contributed by atoms with van der Waals surface area (Å²) in [5.74, 6) is 0. The van der Waals surface area contributed by atoms with Crippen LogP contribution in [-0.2, 0) is 19.4 Å². The first-order valence-corrected chi connectivity index (χ1v) is 8.79. The van der Waals surface area contributed by atoms with E-state index in [4.69, 9.17) is 0 Å². The minimum Gasteiger partial charge on any atom is -0.306 e. The summed E-state index contributed by atoms with van der Waals surface area (Å²) in [5.41, 5.74) is 3.52. The number of hydrogen-bond donors (Lipinski definition) is 0. The zero-order chi connectivity index (χ0) is 16.9. The molecule has 0 bridgehead atoms. The van der Waals surface area contributed by atoms with Gasteiger partial charge in [-0.3, -0.25) is 9.78 Å². The molecule has 3 aromatic rings. The van der Waals surface area contributed by atoms with Crippen molar-refractivity contribution in [1.29, 1.82) is 0 Å². The Bertz CT molecular complexity index is 881. The predicted octanol–water partition coefficient (Wildman–Crippen LogP) is 4.35. The highest BCUT2D eigenvalue weighted by molar-refractivity contribution is 5.85. The van der Waals surface area contributed by atoms with Gasteiger partial charge in [0.05, 0.1) is 12.2 Å². The fraction of sp³-hybridized carbons (Fsp3) is 0.333. The minimum absolute atomic E-state index is 0.0968. The molecule has 3 rings (SSSR count). The van der Waals surface area contributed by atoms with Crippen molar-refractivity contribution in [1.82, 2.24) is 9.55 Å². The average molecular weight is 320 g/mol. The van der Waals surface area contributed by atoms with Gasteiger partial charge in [0.25, 0.3) is 5.56 Å². The molecule has 0 unspecified atom stereocenters. The van der Waals surface area contributed by atoms with Gasteiger partial charge >= 0.3 is 0 Å². The van der Waals surface area contributed by atoms with Crippen molar-refractivity contribution in [2.24, 2.45) is 0 Å². The van der Waals surface area contributed by atoms with Gasteiger partial charge in [0, 0.05) is 17.3 Å². The minimum atomic E-state index is 0.0968. The van der Waals surface area contributed by atoms with Crippen LogP contribution < -0.4 is 5.56 Å². The lowest BCUT2D eigenvalue weighted by Crippen LogP contribution is -2.26. The number of rotatable bonds is 6. The van der Waals surface area contributed by atoms with Gasteiger partial charge in [-0.15, -0.1) is 0 Å². The smallest absolute Gasteiger partial charge is 0.259 e. The van der Waals surface area contributed by atoms with Gasteiger partial charge in [0.2, 0.25) is 0 Å². The van der Waals surface area contributed by atoms with E-state index in [1.165, 1.54) is 11.3 Å². The maximum atomic E-state index is 13.1. The fourth-order valence-corrected chi connectivity index (χ4v) is 3.39. The maximum Gasteiger partial charge on any atom is 0.259 e.